The summed E-state index contributed by atoms with van der Waals surface area (Å²) in [6.07, 6.45) is 1.41. The minimum Gasteiger partial charge on any atom is -0.363 e. The van der Waals surface area contributed by atoms with Crippen LogP contribution in [0.25, 0.3) is 11.4 Å². The van der Waals surface area contributed by atoms with E-state index >= 15 is 0 Å². The largest absolute Gasteiger partial charge is 0.363 e. The van der Waals surface area contributed by atoms with Crippen molar-refractivity contribution in [1.82, 2.24) is 10.1 Å². The van der Waals surface area contributed by atoms with Gasteiger partial charge in [-0.25, -0.2) is 4.98 Å². The molecule has 0 aliphatic carbocycles. The maximum atomic E-state index is 4.60. The minimum atomic E-state index is 0.668. The van der Waals surface area contributed by atoms with Crippen LogP contribution in [0.4, 0.5) is 0 Å². The molecule has 0 bridgehead atoms. The molecule has 0 aliphatic heterocycles. The molecule has 0 N–H and O–H groups in total. The van der Waals surface area contributed by atoms with Gasteiger partial charge in [-0.05, 0) is 0 Å². The van der Waals surface area contributed by atoms with Gasteiger partial charge in [0.1, 0.15) is 17.7 Å². The molecule has 0 spiro atoms. The third kappa shape index (κ3) is 0.823. The second-order valence-corrected chi connectivity index (χ2v) is 2.40. The second-order valence-electron chi connectivity index (χ2n) is 1.68. The third-order valence-electron chi connectivity index (χ3n) is 1.07. The van der Waals surface area contributed by atoms with E-state index in [0.29, 0.717) is 5.69 Å². The maximum absolute atomic E-state index is 4.60. The van der Waals surface area contributed by atoms with Gasteiger partial charge in [0.2, 0.25) is 0 Å². The highest BCUT2D eigenvalue weighted by molar-refractivity contribution is 7.07. The molecule has 3 nitrogen and oxygen atoms in total. The highest BCUT2D eigenvalue weighted by Gasteiger charge is 2.01. The van der Waals surface area contributed by atoms with Crippen LogP contribution in [-0.2, 0) is 0 Å². The lowest BCUT2D eigenvalue weighted by molar-refractivity contribution is 0.422. The van der Waals surface area contributed by atoms with Crippen molar-refractivity contribution in [2.24, 2.45) is 0 Å². The molecule has 0 unspecified atom stereocenters. The first-order valence-electron chi connectivity index (χ1n) is 2.67. The molecule has 2 rings (SSSR count). The van der Waals surface area contributed by atoms with Crippen LogP contribution in [0.3, 0.4) is 0 Å². The van der Waals surface area contributed by atoms with Crippen molar-refractivity contribution in [2.45, 2.75) is 0 Å². The van der Waals surface area contributed by atoms with Gasteiger partial charge >= 0.3 is 0 Å². The zero-order valence-electron chi connectivity index (χ0n) is 4.94. The van der Waals surface area contributed by atoms with Gasteiger partial charge in [-0.2, -0.15) is 0 Å². The van der Waals surface area contributed by atoms with Gasteiger partial charge < -0.3 is 4.52 Å². The van der Waals surface area contributed by atoms with Crippen molar-refractivity contribution < 1.29 is 4.52 Å². The summed E-state index contributed by atoms with van der Waals surface area (Å²) in [4.78, 5) is 4.02. The molecule has 2 heterocycles. The average Bonchev–Trinajstić information content (AvgIpc) is 2.59. The Morgan fingerprint density at radius 2 is 2.60 bits per heavy atom. The summed E-state index contributed by atoms with van der Waals surface area (Å²) >= 11 is 1.53. The Labute approximate surface area is 61.3 Å². The topological polar surface area (TPSA) is 38.9 Å². The van der Waals surface area contributed by atoms with Crippen LogP contribution in [0.1, 0.15) is 0 Å². The van der Waals surface area contributed by atoms with Crippen LogP contribution in [0, 0.1) is 6.07 Å². The van der Waals surface area contributed by atoms with Crippen LogP contribution in [0.2, 0.25) is 0 Å². The maximum Gasteiger partial charge on any atom is 0.141 e. The SMILES string of the molecule is [c]1conc1-c1cscn1. The molecule has 0 aromatic carbocycles. The quantitative estimate of drug-likeness (QED) is 0.621. The Bertz CT molecular complexity index is 255. The van der Waals surface area contributed by atoms with E-state index < -0.39 is 0 Å². The highest BCUT2D eigenvalue weighted by atomic mass is 32.1. The monoisotopic (exact) mass is 151 g/mol. The van der Waals surface area contributed by atoms with Crippen molar-refractivity contribution >= 4 is 11.3 Å². The highest BCUT2D eigenvalue weighted by Crippen LogP contribution is 2.14. The van der Waals surface area contributed by atoms with Crippen LogP contribution >= 0.6 is 11.3 Å². The summed E-state index contributed by atoms with van der Waals surface area (Å²) < 4.78 is 4.60. The lowest BCUT2D eigenvalue weighted by atomic mass is 10.3. The summed E-state index contributed by atoms with van der Waals surface area (Å²) in [5, 5.41) is 5.57. The van der Waals surface area contributed by atoms with Crippen molar-refractivity contribution in [2.75, 3.05) is 0 Å². The summed E-state index contributed by atoms with van der Waals surface area (Å²) in [6, 6.07) is 2.81. The van der Waals surface area contributed by atoms with Gasteiger partial charge in [-0.3, -0.25) is 0 Å². The zero-order chi connectivity index (χ0) is 6.81. The summed E-state index contributed by atoms with van der Waals surface area (Å²) in [5.41, 5.74) is 3.23. The van der Waals surface area contributed by atoms with E-state index in [1.165, 1.54) is 17.6 Å². The van der Waals surface area contributed by atoms with E-state index in [1.54, 1.807) is 5.51 Å². The molecule has 0 fully saturated rings. The fourth-order valence-electron chi connectivity index (χ4n) is 0.638. The molecule has 49 valence electrons. The Kier molecular flexibility index (Phi) is 1.25. The van der Waals surface area contributed by atoms with Crippen LogP contribution in [0.15, 0.2) is 21.7 Å². The molecular weight excluding hydrogens is 148 g/mol. The summed E-state index contributed by atoms with van der Waals surface area (Å²) in [7, 11) is 0. The van der Waals surface area contributed by atoms with E-state index in [-0.39, 0.29) is 0 Å². The van der Waals surface area contributed by atoms with E-state index in [2.05, 4.69) is 20.7 Å². The number of thiazole rings is 1. The molecule has 0 amide bonds. The van der Waals surface area contributed by atoms with E-state index in [9.17, 15) is 0 Å². The van der Waals surface area contributed by atoms with Crippen molar-refractivity contribution in [1.29, 1.82) is 0 Å². The Hall–Kier alpha value is -1.16. The van der Waals surface area contributed by atoms with Gasteiger partial charge in [-0.15, -0.1) is 11.3 Å². The smallest absolute Gasteiger partial charge is 0.141 e. The first-order valence-corrected chi connectivity index (χ1v) is 3.62. The van der Waals surface area contributed by atoms with Gasteiger partial charge in [0.15, 0.2) is 0 Å². The van der Waals surface area contributed by atoms with Crippen molar-refractivity contribution in [3.63, 3.8) is 0 Å². The summed E-state index contributed by atoms with van der Waals surface area (Å²) in [6.45, 7) is 0. The van der Waals surface area contributed by atoms with Gasteiger partial charge in [-0.1, -0.05) is 5.16 Å². The molecular formula is C6H3N2OS. The predicted octanol–water partition coefficient (Wildman–Crippen LogP) is 1.60. The molecule has 4 heteroatoms. The van der Waals surface area contributed by atoms with E-state index in [0.717, 1.165) is 5.69 Å². The normalized spacial score (nSPS) is 10.0. The molecule has 0 aliphatic rings. The second kappa shape index (κ2) is 2.22. The summed E-state index contributed by atoms with van der Waals surface area (Å²) in [5.74, 6) is 0. The molecule has 0 atom stereocenters. The first-order chi connectivity index (χ1) is 4.97. The molecule has 10 heavy (non-hydrogen) atoms. The Morgan fingerprint density at radius 3 is 3.20 bits per heavy atom. The average molecular weight is 151 g/mol. The molecule has 2 aromatic heterocycles. The first kappa shape index (κ1) is 5.61. The van der Waals surface area contributed by atoms with Crippen LogP contribution in [-0.4, -0.2) is 10.1 Å². The number of nitrogens with zero attached hydrogens (tertiary/aromatic N) is 2. The molecule has 2 aromatic rings. The fraction of sp³-hybridized carbons (Fsp3) is 0. The zero-order valence-corrected chi connectivity index (χ0v) is 5.76. The lowest BCUT2D eigenvalue weighted by Crippen LogP contribution is -1.73. The molecule has 1 radical (unpaired) electrons. The standard InChI is InChI=1S/C6H3N2OS/c1-2-9-8-5(1)6-3-10-4-7-6/h2-4H. The molecule has 0 saturated carbocycles. The van der Waals surface area contributed by atoms with E-state index in [4.69, 9.17) is 0 Å². The van der Waals surface area contributed by atoms with Crippen LogP contribution in [0.5, 0.6) is 0 Å². The number of rotatable bonds is 1. The van der Waals surface area contributed by atoms with Gasteiger partial charge in [0, 0.05) is 5.38 Å². The van der Waals surface area contributed by atoms with E-state index in [1.807, 2.05) is 5.38 Å². The molecule has 0 saturated heterocycles. The fourth-order valence-corrected chi connectivity index (χ4v) is 1.17. The number of aromatic nitrogens is 2. The Balaban J connectivity index is 2.48. The lowest BCUT2D eigenvalue weighted by Gasteiger charge is -1.80. The van der Waals surface area contributed by atoms with Gasteiger partial charge in [0.25, 0.3) is 0 Å². The van der Waals surface area contributed by atoms with Crippen molar-refractivity contribution in [3.8, 4) is 11.4 Å². The Morgan fingerprint density at radius 1 is 1.60 bits per heavy atom. The number of hydrogen-bond donors (Lipinski definition) is 0. The predicted molar refractivity (Wildman–Crippen MR) is 36.4 cm³/mol. The van der Waals surface area contributed by atoms with Gasteiger partial charge in [0.05, 0.1) is 11.6 Å². The van der Waals surface area contributed by atoms with Crippen LogP contribution < -0.4 is 0 Å². The third-order valence-corrected chi connectivity index (χ3v) is 1.65. The van der Waals surface area contributed by atoms with Crippen molar-refractivity contribution in [3.05, 3.63) is 23.2 Å². The number of hydrogen-bond acceptors (Lipinski definition) is 4. The minimum absolute atomic E-state index is 0.668.